The molecule has 4 rings (SSSR count). The summed E-state index contributed by atoms with van der Waals surface area (Å²) in [5.74, 6) is 0.829. The Hall–Kier alpha value is -2.78. The number of amides is 1. The van der Waals surface area contributed by atoms with Crippen molar-refractivity contribution in [3.05, 3.63) is 48.0 Å². The van der Waals surface area contributed by atoms with Crippen LogP contribution in [0.2, 0.25) is 0 Å². The van der Waals surface area contributed by atoms with Crippen LogP contribution < -0.4 is 19.7 Å². The number of aryl methyl sites for hydroxylation is 1. The Labute approximate surface area is 201 Å². The molecule has 0 atom stereocenters. The normalized spacial score (nSPS) is 16.8. The molecule has 0 saturated carbocycles. The fraction of sp³-hybridized carbons (Fsp3) is 0.480. The number of sulfonamides is 1. The Morgan fingerprint density at radius 3 is 2.53 bits per heavy atom. The predicted molar refractivity (Wildman–Crippen MR) is 131 cm³/mol. The standard InChI is InChI=1S/C25H33N3O5S/c1-3-27(21-6-4-5-19(2)17-21)14-11-26-25(29)20-9-12-28(13-10-20)34(30,31)22-7-8-23-24(18-22)33-16-15-32-23/h4-8,17-18,20H,3,9-16H2,1-2H3,(H,26,29). The average Bonchev–Trinajstić information content (AvgIpc) is 2.86. The molecule has 1 N–H and O–H groups in total. The van der Waals surface area contributed by atoms with E-state index < -0.39 is 10.0 Å². The quantitative estimate of drug-likeness (QED) is 0.616. The van der Waals surface area contributed by atoms with Gasteiger partial charge in [0.15, 0.2) is 11.5 Å². The zero-order valence-electron chi connectivity index (χ0n) is 19.8. The SMILES string of the molecule is CCN(CCNC(=O)C1CCN(S(=O)(=O)c2ccc3c(c2)OCCO3)CC1)c1cccc(C)c1. The highest BCUT2D eigenvalue weighted by molar-refractivity contribution is 7.89. The molecule has 184 valence electrons. The Bertz CT molecular complexity index is 1110. The average molecular weight is 488 g/mol. The monoisotopic (exact) mass is 487 g/mol. The van der Waals surface area contributed by atoms with E-state index in [4.69, 9.17) is 9.47 Å². The Morgan fingerprint density at radius 1 is 1.09 bits per heavy atom. The lowest BCUT2D eigenvalue weighted by Crippen LogP contribution is -2.44. The minimum atomic E-state index is -3.65. The molecular formula is C25H33N3O5S. The summed E-state index contributed by atoms with van der Waals surface area (Å²) in [6.45, 7) is 7.80. The molecule has 2 aliphatic heterocycles. The summed E-state index contributed by atoms with van der Waals surface area (Å²) >= 11 is 0. The lowest BCUT2D eigenvalue weighted by atomic mass is 9.97. The maximum absolute atomic E-state index is 13.1. The lowest BCUT2D eigenvalue weighted by Gasteiger charge is -2.31. The van der Waals surface area contributed by atoms with Crippen molar-refractivity contribution < 1.29 is 22.7 Å². The van der Waals surface area contributed by atoms with Crippen molar-refractivity contribution >= 4 is 21.6 Å². The largest absolute Gasteiger partial charge is 0.486 e. The van der Waals surface area contributed by atoms with Crippen LogP contribution in [0.4, 0.5) is 5.69 Å². The number of ether oxygens (including phenoxy) is 2. The Kier molecular flexibility index (Phi) is 7.63. The van der Waals surface area contributed by atoms with E-state index >= 15 is 0 Å². The van der Waals surface area contributed by atoms with Crippen LogP contribution in [0.1, 0.15) is 25.3 Å². The molecule has 0 radical (unpaired) electrons. The molecule has 9 heteroatoms. The molecule has 0 bridgehead atoms. The van der Waals surface area contributed by atoms with E-state index in [1.165, 1.54) is 15.9 Å². The van der Waals surface area contributed by atoms with Crippen LogP contribution in [0.5, 0.6) is 11.5 Å². The smallest absolute Gasteiger partial charge is 0.243 e. The third-order valence-electron chi connectivity index (χ3n) is 6.41. The number of rotatable bonds is 8. The second-order valence-corrected chi connectivity index (χ2v) is 10.6. The van der Waals surface area contributed by atoms with Gasteiger partial charge in [-0.2, -0.15) is 4.31 Å². The fourth-order valence-corrected chi connectivity index (χ4v) is 5.93. The fourth-order valence-electron chi connectivity index (χ4n) is 4.44. The Balaban J connectivity index is 1.28. The first-order valence-corrected chi connectivity index (χ1v) is 13.3. The van der Waals surface area contributed by atoms with Gasteiger partial charge in [-0.25, -0.2) is 8.42 Å². The summed E-state index contributed by atoms with van der Waals surface area (Å²) in [4.78, 5) is 15.1. The third kappa shape index (κ3) is 5.47. The molecule has 0 aromatic heterocycles. The zero-order valence-corrected chi connectivity index (χ0v) is 20.6. The number of carbonyl (C=O) groups is 1. The van der Waals surface area contributed by atoms with E-state index in [1.807, 2.05) is 6.07 Å². The first-order chi connectivity index (χ1) is 16.4. The van der Waals surface area contributed by atoms with Crippen molar-refractivity contribution in [1.29, 1.82) is 0 Å². The molecule has 0 aliphatic carbocycles. The van der Waals surface area contributed by atoms with Gasteiger partial charge in [0.1, 0.15) is 13.2 Å². The van der Waals surface area contributed by atoms with E-state index in [9.17, 15) is 13.2 Å². The highest BCUT2D eigenvalue weighted by Gasteiger charge is 2.32. The van der Waals surface area contributed by atoms with Gasteiger partial charge >= 0.3 is 0 Å². The maximum atomic E-state index is 13.1. The highest BCUT2D eigenvalue weighted by Crippen LogP contribution is 2.34. The number of benzene rings is 2. The maximum Gasteiger partial charge on any atom is 0.243 e. The van der Waals surface area contributed by atoms with E-state index in [1.54, 1.807) is 12.1 Å². The molecule has 1 amide bonds. The number of carbonyl (C=O) groups excluding carboxylic acids is 1. The highest BCUT2D eigenvalue weighted by atomic mass is 32.2. The summed E-state index contributed by atoms with van der Waals surface area (Å²) in [6, 6.07) is 13.0. The predicted octanol–water partition coefficient (Wildman–Crippen LogP) is 2.81. The summed E-state index contributed by atoms with van der Waals surface area (Å²) < 4.78 is 38.7. The molecular weight excluding hydrogens is 454 g/mol. The molecule has 1 fully saturated rings. The number of fused-ring (bicyclic) bond motifs is 1. The first-order valence-electron chi connectivity index (χ1n) is 11.9. The Morgan fingerprint density at radius 2 is 1.82 bits per heavy atom. The van der Waals surface area contributed by atoms with Gasteiger partial charge in [-0.05, 0) is 56.5 Å². The van der Waals surface area contributed by atoms with Crippen molar-refractivity contribution in [3.8, 4) is 11.5 Å². The van der Waals surface area contributed by atoms with Crippen LogP contribution in [-0.2, 0) is 14.8 Å². The molecule has 2 heterocycles. The molecule has 2 aromatic rings. The molecule has 0 unspecified atom stereocenters. The van der Waals surface area contributed by atoms with Gasteiger partial charge in [-0.1, -0.05) is 12.1 Å². The number of hydrogen-bond donors (Lipinski definition) is 1. The minimum absolute atomic E-state index is 0.00308. The molecule has 0 spiro atoms. The number of piperidine rings is 1. The van der Waals surface area contributed by atoms with Crippen molar-refractivity contribution in [2.45, 2.75) is 31.6 Å². The number of nitrogens with zero attached hydrogens (tertiary/aromatic N) is 2. The van der Waals surface area contributed by atoms with Gasteiger partial charge in [0.05, 0.1) is 4.90 Å². The number of nitrogens with one attached hydrogen (secondary N) is 1. The number of likely N-dealkylation sites (N-methyl/N-ethyl adjacent to an activating group) is 1. The van der Waals surface area contributed by atoms with Crippen LogP contribution in [0.3, 0.4) is 0 Å². The van der Waals surface area contributed by atoms with Crippen LogP contribution in [0.15, 0.2) is 47.4 Å². The summed E-state index contributed by atoms with van der Waals surface area (Å²) in [5, 5.41) is 3.04. The van der Waals surface area contributed by atoms with Crippen LogP contribution in [0, 0.1) is 12.8 Å². The van der Waals surface area contributed by atoms with Crippen molar-refractivity contribution in [3.63, 3.8) is 0 Å². The molecule has 34 heavy (non-hydrogen) atoms. The summed E-state index contributed by atoms with van der Waals surface area (Å²) in [6.07, 6.45) is 1.01. The zero-order chi connectivity index (χ0) is 24.1. The van der Waals surface area contributed by atoms with Crippen LogP contribution >= 0.6 is 0 Å². The van der Waals surface area contributed by atoms with Crippen molar-refractivity contribution in [2.24, 2.45) is 5.92 Å². The van der Waals surface area contributed by atoms with Crippen LogP contribution in [-0.4, -0.2) is 64.6 Å². The van der Waals surface area contributed by atoms with Gasteiger partial charge < -0.3 is 19.7 Å². The lowest BCUT2D eigenvalue weighted by molar-refractivity contribution is -0.126. The minimum Gasteiger partial charge on any atom is -0.486 e. The molecule has 2 aromatic carbocycles. The molecule has 8 nitrogen and oxygen atoms in total. The van der Waals surface area contributed by atoms with Gasteiger partial charge in [0, 0.05) is 50.4 Å². The summed E-state index contributed by atoms with van der Waals surface area (Å²) in [5.41, 5.74) is 2.35. The third-order valence-corrected chi connectivity index (χ3v) is 8.30. The van der Waals surface area contributed by atoms with Gasteiger partial charge in [0.25, 0.3) is 0 Å². The number of anilines is 1. The topological polar surface area (TPSA) is 88.2 Å². The number of hydrogen-bond acceptors (Lipinski definition) is 6. The van der Waals surface area contributed by atoms with E-state index in [0.29, 0.717) is 57.2 Å². The second kappa shape index (κ2) is 10.7. The van der Waals surface area contributed by atoms with Gasteiger partial charge in [0.2, 0.25) is 15.9 Å². The van der Waals surface area contributed by atoms with Crippen LogP contribution in [0.25, 0.3) is 0 Å². The van der Waals surface area contributed by atoms with Crippen molar-refractivity contribution in [1.82, 2.24) is 9.62 Å². The van der Waals surface area contributed by atoms with E-state index in [-0.39, 0.29) is 16.7 Å². The summed E-state index contributed by atoms with van der Waals surface area (Å²) in [7, 11) is -3.65. The van der Waals surface area contributed by atoms with Gasteiger partial charge in [-0.15, -0.1) is 0 Å². The first kappa shape index (κ1) is 24.3. The van der Waals surface area contributed by atoms with E-state index in [0.717, 1.165) is 18.8 Å². The molecule has 2 aliphatic rings. The van der Waals surface area contributed by atoms with Gasteiger partial charge in [-0.3, -0.25) is 4.79 Å². The molecule has 1 saturated heterocycles. The van der Waals surface area contributed by atoms with E-state index in [2.05, 4.69) is 42.3 Å². The second-order valence-electron chi connectivity index (χ2n) is 8.69. The van der Waals surface area contributed by atoms with Crippen molar-refractivity contribution in [2.75, 3.05) is 50.8 Å².